The van der Waals surface area contributed by atoms with Crippen LogP contribution in [-0.2, 0) is 0 Å². The summed E-state index contributed by atoms with van der Waals surface area (Å²) in [7, 11) is 0. The van der Waals surface area contributed by atoms with Crippen LogP contribution in [0.5, 0.6) is 0 Å². The molecule has 0 saturated heterocycles. The van der Waals surface area contributed by atoms with E-state index in [1.807, 2.05) is 0 Å². The van der Waals surface area contributed by atoms with Gasteiger partial charge >= 0.3 is 0 Å². The van der Waals surface area contributed by atoms with E-state index in [0.717, 1.165) is 12.1 Å². The maximum atomic E-state index is 13.4. The number of hydrogen-bond donors (Lipinski definition) is 2. The number of rotatable bonds is 2. The second-order valence-electron chi connectivity index (χ2n) is 3.45. The minimum absolute atomic E-state index is 0.235. The van der Waals surface area contributed by atoms with Crippen molar-refractivity contribution in [2.75, 3.05) is 11.1 Å². The molecule has 0 aliphatic carbocycles. The SMILES string of the molecule is Nc1cc(Cl)ccc1Nc1c(F)cccc1F. The number of halogens is 3. The molecule has 5 heteroatoms. The maximum Gasteiger partial charge on any atom is 0.149 e. The van der Waals surface area contributed by atoms with Crippen LogP contribution in [0.4, 0.5) is 25.8 Å². The fourth-order valence-corrected chi connectivity index (χ4v) is 1.58. The molecule has 0 atom stereocenters. The fourth-order valence-electron chi connectivity index (χ4n) is 1.40. The Morgan fingerprint density at radius 2 is 1.71 bits per heavy atom. The van der Waals surface area contributed by atoms with Crippen LogP contribution in [0.3, 0.4) is 0 Å². The topological polar surface area (TPSA) is 38.0 Å². The van der Waals surface area contributed by atoms with E-state index in [-0.39, 0.29) is 5.69 Å². The molecule has 0 radical (unpaired) electrons. The Morgan fingerprint density at radius 3 is 2.29 bits per heavy atom. The summed E-state index contributed by atoms with van der Waals surface area (Å²) in [5.74, 6) is -1.36. The first-order valence-electron chi connectivity index (χ1n) is 4.84. The quantitative estimate of drug-likeness (QED) is 0.797. The molecular weight excluding hydrogens is 246 g/mol. The fraction of sp³-hybridized carbons (Fsp3) is 0. The van der Waals surface area contributed by atoms with E-state index in [9.17, 15) is 8.78 Å². The molecule has 0 aliphatic rings. The smallest absolute Gasteiger partial charge is 0.149 e. The summed E-state index contributed by atoms with van der Waals surface area (Å²) in [5, 5.41) is 3.06. The number of anilines is 3. The lowest BCUT2D eigenvalue weighted by atomic mass is 10.2. The zero-order valence-electron chi connectivity index (χ0n) is 8.68. The van der Waals surface area contributed by atoms with Crippen LogP contribution >= 0.6 is 11.6 Å². The van der Waals surface area contributed by atoms with Gasteiger partial charge in [0.15, 0.2) is 0 Å². The van der Waals surface area contributed by atoms with Crippen molar-refractivity contribution >= 4 is 28.7 Å². The number of benzene rings is 2. The van der Waals surface area contributed by atoms with Gasteiger partial charge in [0.2, 0.25) is 0 Å². The minimum atomic E-state index is -0.681. The zero-order valence-corrected chi connectivity index (χ0v) is 9.43. The van der Waals surface area contributed by atoms with Crippen LogP contribution in [0.2, 0.25) is 5.02 Å². The van der Waals surface area contributed by atoms with Gasteiger partial charge in [-0.05, 0) is 30.3 Å². The highest BCUT2D eigenvalue weighted by atomic mass is 35.5. The van der Waals surface area contributed by atoms with Gasteiger partial charge in [0.25, 0.3) is 0 Å². The first kappa shape index (κ1) is 11.7. The van der Waals surface area contributed by atoms with Crippen LogP contribution in [0, 0.1) is 11.6 Å². The van der Waals surface area contributed by atoms with Gasteiger partial charge in [-0.2, -0.15) is 0 Å². The van der Waals surface area contributed by atoms with Crippen LogP contribution in [-0.4, -0.2) is 0 Å². The number of nitrogens with one attached hydrogen (secondary N) is 1. The van der Waals surface area contributed by atoms with Gasteiger partial charge in [-0.3, -0.25) is 0 Å². The molecule has 0 bridgehead atoms. The Morgan fingerprint density at radius 1 is 1.06 bits per heavy atom. The predicted molar refractivity (Wildman–Crippen MR) is 65.5 cm³/mol. The molecule has 0 fully saturated rings. The van der Waals surface area contributed by atoms with E-state index in [4.69, 9.17) is 17.3 Å². The number of para-hydroxylation sites is 1. The van der Waals surface area contributed by atoms with Crippen LogP contribution < -0.4 is 11.1 Å². The van der Waals surface area contributed by atoms with Crippen LogP contribution in [0.1, 0.15) is 0 Å². The summed E-state index contributed by atoms with van der Waals surface area (Å²) >= 11 is 5.73. The summed E-state index contributed by atoms with van der Waals surface area (Å²) < 4.78 is 26.8. The highest BCUT2D eigenvalue weighted by molar-refractivity contribution is 6.31. The number of hydrogen-bond acceptors (Lipinski definition) is 2. The van der Waals surface area contributed by atoms with Crippen molar-refractivity contribution in [1.29, 1.82) is 0 Å². The van der Waals surface area contributed by atoms with Crippen molar-refractivity contribution in [2.45, 2.75) is 0 Å². The van der Waals surface area contributed by atoms with Gasteiger partial charge in [0.05, 0.1) is 11.4 Å². The van der Waals surface area contributed by atoms with Crippen LogP contribution in [0.25, 0.3) is 0 Å². The molecule has 2 nitrogen and oxygen atoms in total. The zero-order chi connectivity index (χ0) is 12.4. The van der Waals surface area contributed by atoms with Gasteiger partial charge < -0.3 is 11.1 Å². The Balaban J connectivity index is 2.38. The molecule has 0 unspecified atom stereocenters. The van der Waals surface area contributed by atoms with Gasteiger partial charge in [0.1, 0.15) is 17.3 Å². The van der Waals surface area contributed by atoms with E-state index in [1.54, 1.807) is 12.1 Å². The standard InChI is InChI=1S/C12H9ClF2N2/c13-7-4-5-11(10(16)6-7)17-12-8(14)2-1-3-9(12)15/h1-6,17H,16H2. The molecule has 0 aliphatic heterocycles. The lowest BCUT2D eigenvalue weighted by Gasteiger charge is -2.11. The molecule has 2 aromatic carbocycles. The van der Waals surface area contributed by atoms with Gasteiger partial charge in [-0.15, -0.1) is 0 Å². The van der Waals surface area contributed by atoms with Crippen molar-refractivity contribution in [2.24, 2.45) is 0 Å². The molecule has 17 heavy (non-hydrogen) atoms. The predicted octanol–water partition coefficient (Wildman–Crippen LogP) is 3.94. The molecule has 3 N–H and O–H groups in total. The Labute approximate surface area is 102 Å². The van der Waals surface area contributed by atoms with E-state index >= 15 is 0 Å². The van der Waals surface area contributed by atoms with E-state index in [0.29, 0.717) is 16.4 Å². The molecule has 0 amide bonds. The Kier molecular flexibility index (Phi) is 3.15. The maximum absolute atomic E-state index is 13.4. The van der Waals surface area contributed by atoms with Crippen molar-refractivity contribution in [3.05, 3.63) is 53.1 Å². The summed E-state index contributed by atoms with van der Waals surface area (Å²) in [5.41, 5.74) is 6.16. The van der Waals surface area contributed by atoms with Gasteiger partial charge in [-0.25, -0.2) is 8.78 Å². The highest BCUT2D eigenvalue weighted by Crippen LogP contribution is 2.28. The Bertz CT molecular complexity index is 538. The summed E-state index contributed by atoms with van der Waals surface area (Å²) in [6.45, 7) is 0. The third-order valence-electron chi connectivity index (χ3n) is 2.24. The van der Waals surface area contributed by atoms with Gasteiger partial charge in [-0.1, -0.05) is 17.7 Å². The van der Waals surface area contributed by atoms with Crippen LogP contribution in [0.15, 0.2) is 36.4 Å². The largest absolute Gasteiger partial charge is 0.397 e. The molecule has 2 aromatic rings. The first-order valence-corrected chi connectivity index (χ1v) is 5.22. The lowest BCUT2D eigenvalue weighted by molar-refractivity contribution is 0.591. The second-order valence-corrected chi connectivity index (χ2v) is 3.89. The third kappa shape index (κ3) is 2.47. The minimum Gasteiger partial charge on any atom is -0.397 e. The number of nitrogen functional groups attached to an aromatic ring is 1. The summed E-state index contributed by atoms with van der Waals surface area (Å²) in [6.07, 6.45) is 0. The molecule has 2 rings (SSSR count). The Hall–Kier alpha value is -1.81. The molecule has 0 heterocycles. The van der Waals surface area contributed by atoms with Crippen molar-refractivity contribution in [3.63, 3.8) is 0 Å². The van der Waals surface area contributed by atoms with Crippen molar-refractivity contribution in [3.8, 4) is 0 Å². The highest BCUT2D eigenvalue weighted by Gasteiger charge is 2.09. The van der Waals surface area contributed by atoms with Crippen molar-refractivity contribution < 1.29 is 8.78 Å². The van der Waals surface area contributed by atoms with Crippen molar-refractivity contribution in [1.82, 2.24) is 0 Å². The summed E-state index contributed by atoms with van der Waals surface area (Å²) in [4.78, 5) is 0. The molecule has 0 saturated carbocycles. The van der Waals surface area contributed by atoms with Gasteiger partial charge in [0, 0.05) is 5.02 Å². The number of nitrogens with two attached hydrogens (primary N) is 1. The normalized spacial score (nSPS) is 10.3. The molecule has 0 aromatic heterocycles. The average molecular weight is 255 g/mol. The van der Waals surface area contributed by atoms with E-state index in [2.05, 4.69) is 5.32 Å². The first-order chi connectivity index (χ1) is 8.08. The summed E-state index contributed by atoms with van der Waals surface area (Å²) in [6, 6.07) is 8.27. The molecule has 88 valence electrons. The second kappa shape index (κ2) is 4.59. The third-order valence-corrected chi connectivity index (χ3v) is 2.47. The molecular formula is C12H9ClF2N2. The monoisotopic (exact) mass is 254 g/mol. The molecule has 0 spiro atoms. The average Bonchev–Trinajstić information content (AvgIpc) is 2.26. The van der Waals surface area contributed by atoms with E-state index < -0.39 is 11.6 Å². The lowest BCUT2D eigenvalue weighted by Crippen LogP contribution is -2.00. The van der Waals surface area contributed by atoms with E-state index in [1.165, 1.54) is 12.1 Å².